The Morgan fingerprint density at radius 3 is 2.85 bits per heavy atom. The van der Waals surface area contributed by atoms with Crippen molar-refractivity contribution >= 4 is 17.8 Å². The number of carbonyl (C=O) groups is 3. The van der Waals surface area contributed by atoms with E-state index in [1.807, 2.05) is 38.1 Å². The molecule has 8 heteroatoms. The van der Waals surface area contributed by atoms with Gasteiger partial charge in [0.1, 0.15) is 11.8 Å². The molecule has 142 valence electrons. The fourth-order valence-electron chi connectivity index (χ4n) is 2.72. The number of amides is 4. The van der Waals surface area contributed by atoms with E-state index >= 15 is 0 Å². The maximum Gasteiger partial charge on any atom is 0.318 e. The predicted octanol–water partition coefficient (Wildman–Crippen LogP) is 0.620. The lowest BCUT2D eigenvalue weighted by Gasteiger charge is -2.34. The monoisotopic (exact) mass is 362 g/mol. The second-order valence-corrected chi connectivity index (χ2v) is 6.35. The highest BCUT2D eigenvalue weighted by Gasteiger charge is 2.34. The lowest BCUT2D eigenvalue weighted by molar-refractivity contribution is -0.132. The summed E-state index contributed by atoms with van der Waals surface area (Å²) in [6, 6.07) is 6.30. The van der Waals surface area contributed by atoms with Crippen molar-refractivity contribution in [1.29, 1.82) is 0 Å². The van der Waals surface area contributed by atoms with Gasteiger partial charge in [0.25, 0.3) is 0 Å². The van der Waals surface area contributed by atoms with Gasteiger partial charge < -0.3 is 25.6 Å². The highest BCUT2D eigenvalue weighted by molar-refractivity contribution is 5.92. The number of rotatable bonds is 6. The molecular formula is C18H26N4O4. The van der Waals surface area contributed by atoms with Crippen LogP contribution in [0.5, 0.6) is 5.75 Å². The molecule has 0 saturated carbocycles. The van der Waals surface area contributed by atoms with Gasteiger partial charge in [0.15, 0.2) is 0 Å². The molecule has 1 aromatic rings. The zero-order chi connectivity index (χ0) is 19.1. The Morgan fingerprint density at radius 1 is 1.38 bits per heavy atom. The Hall–Kier alpha value is -2.77. The van der Waals surface area contributed by atoms with Crippen LogP contribution in [0.2, 0.25) is 0 Å². The lowest BCUT2D eigenvalue weighted by atomic mass is 10.1. The van der Waals surface area contributed by atoms with Gasteiger partial charge >= 0.3 is 6.03 Å². The SMILES string of the molecule is CNC(=O)CC1C(=O)NCCN1C(=O)NCc1cccc(OC(C)C)c1. The first-order chi connectivity index (χ1) is 12.4. The van der Waals surface area contributed by atoms with Crippen LogP contribution in [0.4, 0.5) is 4.79 Å². The van der Waals surface area contributed by atoms with E-state index in [9.17, 15) is 14.4 Å². The zero-order valence-electron chi connectivity index (χ0n) is 15.4. The fourth-order valence-corrected chi connectivity index (χ4v) is 2.72. The van der Waals surface area contributed by atoms with Crippen molar-refractivity contribution in [3.8, 4) is 5.75 Å². The summed E-state index contributed by atoms with van der Waals surface area (Å²) in [7, 11) is 1.50. The molecule has 1 fully saturated rings. The summed E-state index contributed by atoms with van der Waals surface area (Å²) in [5.74, 6) is 0.132. The zero-order valence-corrected chi connectivity index (χ0v) is 15.4. The van der Waals surface area contributed by atoms with Crippen LogP contribution in [0.15, 0.2) is 24.3 Å². The molecule has 26 heavy (non-hydrogen) atoms. The Morgan fingerprint density at radius 2 is 2.15 bits per heavy atom. The number of nitrogens with one attached hydrogen (secondary N) is 3. The minimum absolute atomic E-state index is 0.0620. The summed E-state index contributed by atoms with van der Waals surface area (Å²) in [5, 5.41) is 7.98. The minimum atomic E-state index is -0.806. The van der Waals surface area contributed by atoms with Crippen molar-refractivity contribution in [3.05, 3.63) is 29.8 Å². The van der Waals surface area contributed by atoms with Crippen LogP contribution in [0.1, 0.15) is 25.8 Å². The normalized spacial score (nSPS) is 16.8. The maximum atomic E-state index is 12.5. The van der Waals surface area contributed by atoms with Gasteiger partial charge in [-0.25, -0.2) is 4.79 Å². The quantitative estimate of drug-likeness (QED) is 0.691. The van der Waals surface area contributed by atoms with Crippen molar-refractivity contribution in [1.82, 2.24) is 20.9 Å². The van der Waals surface area contributed by atoms with Gasteiger partial charge in [-0.1, -0.05) is 12.1 Å². The second-order valence-electron chi connectivity index (χ2n) is 6.35. The molecule has 8 nitrogen and oxygen atoms in total. The molecule has 1 aromatic carbocycles. The topological polar surface area (TPSA) is 99.8 Å². The van der Waals surface area contributed by atoms with Crippen LogP contribution in [0.25, 0.3) is 0 Å². The molecule has 1 unspecified atom stereocenters. The van der Waals surface area contributed by atoms with Crippen molar-refractivity contribution in [2.75, 3.05) is 20.1 Å². The number of hydrogen-bond acceptors (Lipinski definition) is 4. The Labute approximate surface area is 153 Å². The van der Waals surface area contributed by atoms with Crippen molar-refractivity contribution in [3.63, 3.8) is 0 Å². The number of ether oxygens (including phenoxy) is 1. The summed E-state index contributed by atoms with van der Waals surface area (Å²) in [6.45, 7) is 4.92. The largest absolute Gasteiger partial charge is 0.491 e. The van der Waals surface area contributed by atoms with Crippen LogP contribution >= 0.6 is 0 Å². The summed E-state index contributed by atoms with van der Waals surface area (Å²) in [6.07, 6.45) is 0.00479. The summed E-state index contributed by atoms with van der Waals surface area (Å²) >= 11 is 0. The molecule has 0 aromatic heterocycles. The molecule has 1 aliphatic heterocycles. The van der Waals surface area contributed by atoms with E-state index in [1.54, 1.807) is 0 Å². The Bertz CT molecular complexity index is 662. The number of piperazine rings is 1. The van der Waals surface area contributed by atoms with Gasteiger partial charge in [-0.2, -0.15) is 0 Å². The highest BCUT2D eigenvalue weighted by atomic mass is 16.5. The van der Waals surface area contributed by atoms with Gasteiger partial charge in [-0.3, -0.25) is 9.59 Å². The number of carbonyl (C=O) groups excluding carboxylic acids is 3. The van der Waals surface area contributed by atoms with E-state index in [0.717, 1.165) is 11.3 Å². The maximum absolute atomic E-state index is 12.5. The summed E-state index contributed by atoms with van der Waals surface area (Å²) < 4.78 is 5.64. The van der Waals surface area contributed by atoms with E-state index < -0.39 is 6.04 Å². The second kappa shape index (κ2) is 9.07. The molecule has 4 amide bonds. The molecule has 1 aliphatic rings. The number of urea groups is 1. The van der Waals surface area contributed by atoms with Crippen molar-refractivity contribution in [2.45, 2.75) is 39.0 Å². The molecule has 1 atom stereocenters. The van der Waals surface area contributed by atoms with Gasteiger partial charge in [-0.05, 0) is 31.5 Å². The fraction of sp³-hybridized carbons (Fsp3) is 0.500. The van der Waals surface area contributed by atoms with E-state index in [4.69, 9.17) is 4.74 Å². The first-order valence-electron chi connectivity index (χ1n) is 8.69. The van der Waals surface area contributed by atoms with Gasteiger partial charge in [0.2, 0.25) is 11.8 Å². The van der Waals surface area contributed by atoms with Crippen LogP contribution in [-0.4, -0.2) is 55.0 Å². The smallest absolute Gasteiger partial charge is 0.318 e. The van der Waals surface area contributed by atoms with E-state index in [2.05, 4.69) is 16.0 Å². The summed E-state index contributed by atoms with van der Waals surface area (Å²) in [4.78, 5) is 37.6. The molecule has 0 bridgehead atoms. The third-order valence-corrected chi connectivity index (χ3v) is 3.96. The molecule has 0 spiro atoms. The first kappa shape index (κ1) is 19.6. The average molecular weight is 362 g/mol. The third-order valence-electron chi connectivity index (χ3n) is 3.96. The number of benzene rings is 1. The highest BCUT2D eigenvalue weighted by Crippen LogP contribution is 2.15. The minimum Gasteiger partial charge on any atom is -0.491 e. The van der Waals surface area contributed by atoms with Gasteiger partial charge in [0.05, 0.1) is 12.5 Å². The standard InChI is InChI=1S/C18H26N4O4/c1-12(2)26-14-6-4-5-13(9-14)11-21-18(25)22-8-7-20-17(24)15(22)10-16(23)19-3/h4-6,9,12,15H,7-8,10-11H2,1-3H3,(H,19,23)(H,20,24)(H,21,25). The molecule has 2 rings (SSSR count). The van der Waals surface area contributed by atoms with Crippen molar-refractivity contribution in [2.24, 2.45) is 0 Å². The van der Waals surface area contributed by atoms with Gasteiger partial charge in [0, 0.05) is 26.7 Å². The average Bonchev–Trinajstić information content (AvgIpc) is 2.61. The predicted molar refractivity (Wildman–Crippen MR) is 96.6 cm³/mol. The Balaban J connectivity index is 1.99. The number of hydrogen-bond donors (Lipinski definition) is 3. The molecule has 3 N–H and O–H groups in total. The van der Waals surface area contributed by atoms with E-state index in [1.165, 1.54) is 11.9 Å². The van der Waals surface area contributed by atoms with Crippen LogP contribution in [0, 0.1) is 0 Å². The molecule has 0 radical (unpaired) electrons. The molecule has 1 saturated heterocycles. The van der Waals surface area contributed by atoms with E-state index in [0.29, 0.717) is 19.6 Å². The third kappa shape index (κ3) is 5.37. The Kier molecular flexibility index (Phi) is 6.82. The first-order valence-corrected chi connectivity index (χ1v) is 8.69. The van der Waals surface area contributed by atoms with Crippen LogP contribution in [0.3, 0.4) is 0 Å². The molecule has 1 heterocycles. The molecule has 0 aliphatic carbocycles. The lowest BCUT2D eigenvalue weighted by Crippen LogP contribution is -2.60. The molecular weight excluding hydrogens is 336 g/mol. The van der Waals surface area contributed by atoms with Crippen LogP contribution in [-0.2, 0) is 16.1 Å². The van der Waals surface area contributed by atoms with Gasteiger partial charge in [-0.15, -0.1) is 0 Å². The number of nitrogens with zero attached hydrogens (tertiary/aromatic N) is 1. The van der Waals surface area contributed by atoms with E-state index in [-0.39, 0.29) is 30.4 Å². The summed E-state index contributed by atoms with van der Waals surface area (Å²) in [5.41, 5.74) is 0.890. The van der Waals surface area contributed by atoms with Crippen molar-refractivity contribution < 1.29 is 19.1 Å². The van der Waals surface area contributed by atoms with Crippen LogP contribution < -0.4 is 20.7 Å².